The molecule has 0 radical (unpaired) electrons. The Hall–Kier alpha value is -3.76. The van der Waals surface area contributed by atoms with Crippen molar-refractivity contribution in [3.05, 3.63) is 83.4 Å². The van der Waals surface area contributed by atoms with Gasteiger partial charge in [-0.1, -0.05) is 41.9 Å². The number of ether oxygens (including phenoxy) is 2. The zero-order valence-electron chi connectivity index (χ0n) is 21.5. The number of nitrogens with one attached hydrogen (secondary N) is 1. The largest absolute Gasteiger partial charge is 0.497 e. The molecule has 38 heavy (non-hydrogen) atoms. The summed E-state index contributed by atoms with van der Waals surface area (Å²) in [5.74, 6) is -0.0445. The molecule has 0 aliphatic carbocycles. The van der Waals surface area contributed by atoms with Crippen LogP contribution in [0.4, 0.5) is 5.69 Å². The molecule has 0 unspecified atom stereocenters. The highest BCUT2D eigenvalue weighted by atomic mass is 35.5. The highest BCUT2D eigenvalue weighted by Gasteiger charge is 2.32. The number of sulfonamides is 1. The molecule has 2 amide bonds. The molecule has 3 rings (SSSR count). The van der Waals surface area contributed by atoms with E-state index in [-0.39, 0.29) is 22.2 Å². The summed E-state index contributed by atoms with van der Waals surface area (Å²) in [5.41, 5.74) is 0.875. The molecule has 0 spiro atoms. The number of nitrogens with zero attached hydrogens (tertiary/aromatic N) is 2. The van der Waals surface area contributed by atoms with Crippen LogP contribution >= 0.6 is 11.6 Å². The van der Waals surface area contributed by atoms with Crippen LogP contribution in [0.25, 0.3) is 0 Å². The van der Waals surface area contributed by atoms with E-state index in [0.29, 0.717) is 17.1 Å². The van der Waals surface area contributed by atoms with E-state index in [1.54, 1.807) is 49.4 Å². The average Bonchev–Trinajstić information content (AvgIpc) is 2.94. The molecule has 1 N–H and O–H groups in total. The molecule has 0 aliphatic rings. The van der Waals surface area contributed by atoms with Crippen LogP contribution in [0.2, 0.25) is 5.02 Å². The maximum absolute atomic E-state index is 13.8. The Balaban J connectivity index is 2.05. The number of carbonyl (C=O) groups excluding carboxylic acids is 2. The lowest BCUT2D eigenvalue weighted by Gasteiger charge is -2.32. The summed E-state index contributed by atoms with van der Waals surface area (Å²) in [6, 6.07) is 18.4. The molecule has 0 heterocycles. The van der Waals surface area contributed by atoms with Crippen LogP contribution in [-0.2, 0) is 26.2 Å². The Kier molecular flexibility index (Phi) is 9.60. The Bertz CT molecular complexity index is 1380. The highest BCUT2D eigenvalue weighted by molar-refractivity contribution is 7.92. The summed E-state index contributed by atoms with van der Waals surface area (Å²) in [7, 11) is 0.256. The van der Waals surface area contributed by atoms with Crippen LogP contribution < -0.4 is 19.1 Å². The van der Waals surface area contributed by atoms with Gasteiger partial charge in [0.25, 0.3) is 10.0 Å². The Morgan fingerprint density at radius 3 is 2.29 bits per heavy atom. The van der Waals surface area contributed by atoms with E-state index in [1.165, 1.54) is 56.5 Å². The van der Waals surface area contributed by atoms with E-state index in [2.05, 4.69) is 5.32 Å². The molecule has 11 heteroatoms. The number of rotatable bonds is 11. The molecular formula is C27H30ClN3O6S. The summed E-state index contributed by atoms with van der Waals surface area (Å²) in [4.78, 5) is 27.7. The molecule has 0 aromatic heterocycles. The zero-order valence-corrected chi connectivity index (χ0v) is 23.1. The number of likely N-dealkylation sites (N-methyl/N-ethyl adjacent to an activating group) is 1. The van der Waals surface area contributed by atoms with Gasteiger partial charge in [0.05, 0.1) is 29.8 Å². The standard InChI is InChI=1S/C27H30ClN3O6S/c1-19(27(33)29-2)30(17-20-9-8-10-22(15-20)36-3)26(32)18-31(21-13-14-25(37-4)24(28)16-21)38(34,35)23-11-6-5-7-12-23/h5-16,19H,17-18H2,1-4H3,(H,29,33)/t19-/m1/s1. The summed E-state index contributed by atoms with van der Waals surface area (Å²) < 4.78 is 38.9. The summed E-state index contributed by atoms with van der Waals surface area (Å²) in [5, 5.41) is 2.73. The second kappa shape index (κ2) is 12.7. The predicted molar refractivity (Wildman–Crippen MR) is 146 cm³/mol. The van der Waals surface area contributed by atoms with Gasteiger partial charge < -0.3 is 19.7 Å². The van der Waals surface area contributed by atoms with E-state index >= 15 is 0 Å². The van der Waals surface area contributed by atoms with Crippen LogP contribution in [-0.4, -0.2) is 59.0 Å². The Morgan fingerprint density at radius 1 is 0.974 bits per heavy atom. The van der Waals surface area contributed by atoms with E-state index in [0.717, 1.165) is 4.31 Å². The lowest BCUT2D eigenvalue weighted by molar-refractivity contribution is -0.139. The summed E-state index contributed by atoms with van der Waals surface area (Å²) in [6.07, 6.45) is 0. The summed E-state index contributed by atoms with van der Waals surface area (Å²) in [6.45, 7) is 1.05. The fourth-order valence-electron chi connectivity index (χ4n) is 3.82. The number of halogens is 1. The fourth-order valence-corrected chi connectivity index (χ4v) is 5.50. The molecule has 202 valence electrons. The van der Waals surface area contributed by atoms with Gasteiger partial charge in [-0.25, -0.2) is 8.42 Å². The fraction of sp³-hybridized carbons (Fsp3) is 0.259. The summed E-state index contributed by atoms with van der Waals surface area (Å²) >= 11 is 6.31. The molecular weight excluding hydrogens is 530 g/mol. The topological polar surface area (TPSA) is 105 Å². The van der Waals surface area contributed by atoms with Crippen LogP contribution in [0.1, 0.15) is 12.5 Å². The number of anilines is 1. The second-order valence-electron chi connectivity index (χ2n) is 8.31. The van der Waals surface area contributed by atoms with E-state index in [9.17, 15) is 18.0 Å². The van der Waals surface area contributed by atoms with Crippen molar-refractivity contribution in [2.75, 3.05) is 32.1 Å². The molecule has 0 saturated heterocycles. The van der Waals surface area contributed by atoms with Crippen LogP contribution in [0.5, 0.6) is 11.5 Å². The maximum Gasteiger partial charge on any atom is 0.264 e. The van der Waals surface area contributed by atoms with Crippen LogP contribution in [0.15, 0.2) is 77.7 Å². The lowest BCUT2D eigenvalue weighted by atomic mass is 10.1. The van der Waals surface area contributed by atoms with Gasteiger partial charge in [0.2, 0.25) is 11.8 Å². The molecule has 3 aromatic rings. The number of hydrogen-bond donors (Lipinski definition) is 1. The first kappa shape index (κ1) is 28.8. The van der Waals surface area contributed by atoms with Crippen LogP contribution in [0.3, 0.4) is 0 Å². The van der Waals surface area contributed by atoms with E-state index in [4.69, 9.17) is 21.1 Å². The van der Waals surface area contributed by atoms with Crippen molar-refractivity contribution in [1.82, 2.24) is 10.2 Å². The molecule has 0 aliphatic heterocycles. The SMILES string of the molecule is CNC(=O)[C@@H](C)N(Cc1cccc(OC)c1)C(=O)CN(c1ccc(OC)c(Cl)c1)S(=O)(=O)c1ccccc1. The van der Waals surface area contributed by atoms with Gasteiger partial charge in [-0.3, -0.25) is 13.9 Å². The minimum atomic E-state index is -4.19. The molecule has 1 atom stereocenters. The van der Waals surface area contributed by atoms with Gasteiger partial charge in [-0.15, -0.1) is 0 Å². The molecule has 3 aromatic carbocycles. The van der Waals surface area contributed by atoms with Gasteiger partial charge in [0.1, 0.15) is 24.1 Å². The third kappa shape index (κ3) is 6.56. The molecule has 0 saturated carbocycles. The van der Waals surface area contributed by atoms with Gasteiger partial charge in [-0.05, 0) is 55.0 Å². The minimum Gasteiger partial charge on any atom is -0.497 e. The first-order valence-corrected chi connectivity index (χ1v) is 13.5. The van der Waals surface area contributed by atoms with Crippen molar-refractivity contribution in [2.24, 2.45) is 0 Å². The monoisotopic (exact) mass is 559 g/mol. The molecule has 0 bridgehead atoms. The smallest absolute Gasteiger partial charge is 0.264 e. The first-order valence-electron chi connectivity index (χ1n) is 11.7. The number of methoxy groups -OCH3 is 2. The van der Waals surface area contributed by atoms with Gasteiger partial charge in [-0.2, -0.15) is 0 Å². The third-order valence-electron chi connectivity index (χ3n) is 5.93. The number of amides is 2. The highest BCUT2D eigenvalue weighted by Crippen LogP contribution is 2.32. The van der Waals surface area contributed by atoms with Gasteiger partial charge in [0.15, 0.2) is 0 Å². The normalized spacial score (nSPS) is 11.8. The maximum atomic E-state index is 13.8. The second-order valence-corrected chi connectivity index (χ2v) is 10.6. The van der Waals surface area contributed by atoms with Crippen molar-refractivity contribution in [3.63, 3.8) is 0 Å². The van der Waals surface area contributed by atoms with Crippen molar-refractivity contribution in [1.29, 1.82) is 0 Å². The average molecular weight is 560 g/mol. The Labute approximate surface area is 228 Å². The third-order valence-corrected chi connectivity index (χ3v) is 8.02. The Morgan fingerprint density at radius 2 is 1.68 bits per heavy atom. The number of hydrogen-bond acceptors (Lipinski definition) is 6. The van der Waals surface area contributed by atoms with Gasteiger partial charge in [0, 0.05) is 13.6 Å². The predicted octanol–water partition coefficient (Wildman–Crippen LogP) is 3.72. The van der Waals surface area contributed by atoms with E-state index in [1.807, 2.05) is 0 Å². The van der Waals surface area contributed by atoms with E-state index < -0.39 is 34.4 Å². The molecule has 9 nitrogen and oxygen atoms in total. The van der Waals surface area contributed by atoms with Gasteiger partial charge >= 0.3 is 0 Å². The zero-order chi connectivity index (χ0) is 27.9. The molecule has 0 fully saturated rings. The number of carbonyl (C=O) groups is 2. The minimum absolute atomic E-state index is 0.00145. The first-order chi connectivity index (χ1) is 18.1. The van der Waals surface area contributed by atoms with Crippen LogP contribution in [0, 0.1) is 0 Å². The van der Waals surface area contributed by atoms with Crippen molar-refractivity contribution >= 4 is 39.1 Å². The quantitative estimate of drug-likeness (QED) is 0.384. The van der Waals surface area contributed by atoms with Crippen molar-refractivity contribution in [2.45, 2.75) is 24.4 Å². The lowest BCUT2D eigenvalue weighted by Crippen LogP contribution is -2.50. The van der Waals surface area contributed by atoms with Crippen molar-refractivity contribution < 1.29 is 27.5 Å². The van der Waals surface area contributed by atoms with Crippen molar-refractivity contribution in [3.8, 4) is 11.5 Å². The number of benzene rings is 3.